The molecule has 2 nitrogen and oxygen atoms in total. The maximum absolute atomic E-state index is 13.8. The fraction of sp³-hybridized carbons (Fsp3) is 0.615. The van der Waals surface area contributed by atoms with Crippen LogP contribution >= 0.6 is 27.5 Å². The first-order valence-corrected chi connectivity index (χ1v) is 7.53. The molecule has 1 fully saturated rings. The summed E-state index contributed by atoms with van der Waals surface area (Å²) in [7, 11) is 0. The first-order valence-electron chi connectivity index (χ1n) is 6.20. The number of nitrogens with zero attached hydrogens (tertiary/aromatic N) is 1. The maximum atomic E-state index is 13.8. The Morgan fingerprint density at radius 3 is 3.06 bits per heavy atom. The number of anilines is 1. The van der Waals surface area contributed by atoms with Crippen molar-refractivity contribution in [1.82, 2.24) is 4.98 Å². The minimum atomic E-state index is -0.341. The molecule has 100 valence electrons. The van der Waals surface area contributed by atoms with Crippen LogP contribution in [0.25, 0.3) is 0 Å². The molecule has 1 aliphatic rings. The van der Waals surface area contributed by atoms with Crippen LogP contribution in [0.3, 0.4) is 0 Å². The Morgan fingerprint density at radius 1 is 1.67 bits per heavy atom. The molecule has 2 atom stereocenters. The molecular formula is C13H17BrClFN2. The van der Waals surface area contributed by atoms with Crippen molar-refractivity contribution < 1.29 is 4.39 Å². The fourth-order valence-electron chi connectivity index (χ4n) is 2.69. The van der Waals surface area contributed by atoms with E-state index in [4.69, 9.17) is 11.6 Å². The second-order valence-corrected chi connectivity index (χ2v) is 6.41. The lowest BCUT2D eigenvalue weighted by Gasteiger charge is -2.39. The summed E-state index contributed by atoms with van der Waals surface area (Å²) in [6.07, 6.45) is 5.88. The van der Waals surface area contributed by atoms with E-state index >= 15 is 0 Å². The van der Waals surface area contributed by atoms with Crippen molar-refractivity contribution in [2.45, 2.75) is 38.1 Å². The summed E-state index contributed by atoms with van der Waals surface area (Å²) in [6, 6.07) is 1.42. The second kappa shape index (κ2) is 5.74. The molecule has 2 rings (SSSR count). The van der Waals surface area contributed by atoms with Crippen molar-refractivity contribution in [2.75, 3.05) is 11.2 Å². The van der Waals surface area contributed by atoms with E-state index in [0.717, 1.165) is 19.3 Å². The molecule has 0 radical (unpaired) electrons. The summed E-state index contributed by atoms with van der Waals surface area (Å²) >= 11 is 9.32. The zero-order valence-corrected chi connectivity index (χ0v) is 12.7. The molecule has 1 aromatic heterocycles. The van der Waals surface area contributed by atoms with Gasteiger partial charge in [-0.2, -0.15) is 0 Å². The van der Waals surface area contributed by atoms with Gasteiger partial charge < -0.3 is 5.32 Å². The van der Waals surface area contributed by atoms with E-state index < -0.39 is 0 Å². The summed E-state index contributed by atoms with van der Waals surface area (Å²) in [4.78, 5) is 4.10. The van der Waals surface area contributed by atoms with Crippen molar-refractivity contribution in [3.63, 3.8) is 0 Å². The van der Waals surface area contributed by atoms with Crippen molar-refractivity contribution in [2.24, 2.45) is 5.92 Å². The van der Waals surface area contributed by atoms with Gasteiger partial charge in [-0.3, -0.25) is 0 Å². The normalized spacial score (nSPS) is 28.1. The van der Waals surface area contributed by atoms with E-state index in [1.807, 2.05) is 0 Å². The molecule has 1 saturated carbocycles. The lowest BCUT2D eigenvalue weighted by molar-refractivity contribution is 0.278. The molecule has 1 N–H and O–H groups in total. The molecule has 1 aliphatic carbocycles. The summed E-state index contributed by atoms with van der Waals surface area (Å²) in [5.41, 5.74) is -0.221. The van der Waals surface area contributed by atoms with E-state index in [1.54, 1.807) is 6.20 Å². The third kappa shape index (κ3) is 3.15. The first-order chi connectivity index (χ1) is 8.54. The van der Waals surface area contributed by atoms with E-state index in [9.17, 15) is 4.39 Å². The van der Waals surface area contributed by atoms with Gasteiger partial charge in [0.25, 0.3) is 0 Å². The molecule has 1 aromatic rings. The molecule has 0 bridgehead atoms. The van der Waals surface area contributed by atoms with Gasteiger partial charge in [-0.25, -0.2) is 9.37 Å². The lowest BCUT2D eigenvalue weighted by Crippen LogP contribution is -2.44. The van der Waals surface area contributed by atoms with Crippen LogP contribution in [0.15, 0.2) is 16.7 Å². The molecule has 5 heteroatoms. The zero-order chi connectivity index (χ0) is 13.2. The Balaban J connectivity index is 2.19. The SMILES string of the molecule is CC1CCCC(CCl)(Nc2ncc(Br)cc2F)C1. The highest BCUT2D eigenvalue weighted by Crippen LogP contribution is 2.36. The van der Waals surface area contributed by atoms with Gasteiger partial charge in [0.05, 0.1) is 5.54 Å². The van der Waals surface area contributed by atoms with Gasteiger partial charge in [-0.15, -0.1) is 11.6 Å². The van der Waals surface area contributed by atoms with Gasteiger partial charge in [-0.1, -0.05) is 19.8 Å². The number of alkyl halides is 1. The molecule has 0 saturated heterocycles. The lowest BCUT2D eigenvalue weighted by atomic mass is 9.77. The predicted octanol–water partition coefficient (Wildman–Crippen LogP) is 4.58. The smallest absolute Gasteiger partial charge is 0.166 e. The molecule has 0 amide bonds. The van der Waals surface area contributed by atoms with Crippen molar-refractivity contribution >= 4 is 33.3 Å². The number of nitrogens with one attached hydrogen (secondary N) is 1. The van der Waals surface area contributed by atoms with Gasteiger partial charge >= 0.3 is 0 Å². The van der Waals surface area contributed by atoms with E-state index in [0.29, 0.717) is 22.1 Å². The fourth-order valence-corrected chi connectivity index (χ4v) is 3.30. The summed E-state index contributed by atoms with van der Waals surface area (Å²) in [6.45, 7) is 2.22. The zero-order valence-electron chi connectivity index (χ0n) is 10.3. The van der Waals surface area contributed by atoms with Crippen LogP contribution in [0.4, 0.5) is 10.2 Å². The number of aromatic nitrogens is 1. The van der Waals surface area contributed by atoms with Crippen LogP contribution in [-0.2, 0) is 0 Å². The summed E-state index contributed by atoms with van der Waals surface area (Å²) < 4.78 is 14.5. The Kier molecular flexibility index (Phi) is 4.49. The first kappa shape index (κ1) is 14.1. The number of hydrogen-bond donors (Lipinski definition) is 1. The predicted molar refractivity (Wildman–Crippen MR) is 76.6 cm³/mol. The number of hydrogen-bond acceptors (Lipinski definition) is 2. The Labute approximate surface area is 120 Å². The van der Waals surface area contributed by atoms with Crippen LogP contribution in [0.2, 0.25) is 0 Å². The third-order valence-electron chi connectivity index (χ3n) is 3.54. The molecule has 18 heavy (non-hydrogen) atoms. The Bertz CT molecular complexity index is 429. The monoisotopic (exact) mass is 334 g/mol. The van der Waals surface area contributed by atoms with Crippen molar-refractivity contribution in [3.8, 4) is 0 Å². The van der Waals surface area contributed by atoms with Crippen LogP contribution < -0.4 is 5.32 Å². The number of pyridine rings is 1. The van der Waals surface area contributed by atoms with Gasteiger partial charge in [0.2, 0.25) is 0 Å². The van der Waals surface area contributed by atoms with Gasteiger partial charge in [0.1, 0.15) is 0 Å². The Hall–Kier alpha value is -0.350. The van der Waals surface area contributed by atoms with Crippen LogP contribution in [0.5, 0.6) is 0 Å². The summed E-state index contributed by atoms with van der Waals surface area (Å²) in [5.74, 6) is 1.05. The molecule has 0 spiro atoms. The summed E-state index contributed by atoms with van der Waals surface area (Å²) in [5, 5.41) is 3.23. The van der Waals surface area contributed by atoms with Gasteiger partial charge in [0, 0.05) is 16.5 Å². The van der Waals surface area contributed by atoms with E-state index in [1.165, 1.54) is 12.5 Å². The maximum Gasteiger partial charge on any atom is 0.166 e. The second-order valence-electron chi connectivity index (χ2n) is 5.22. The largest absolute Gasteiger partial charge is 0.361 e. The third-order valence-corrected chi connectivity index (χ3v) is 4.48. The van der Waals surface area contributed by atoms with Crippen LogP contribution in [0, 0.1) is 11.7 Å². The average Bonchev–Trinajstić information content (AvgIpc) is 2.33. The standard InChI is InChI=1S/C13H17BrClFN2/c1-9-3-2-4-13(6-9,8-15)18-12-11(16)5-10(14)7-17-12/h5,7,9H,2-4,6,8H2,1H3,(H,17,18). The molecule has 0 aromatic carbocycles. The highest BCUT2D eigenvalue weighted by atomic mass is 79.9. The molecular weight excluding hydrogens is 319 g/mol. The Morgan fingerprint density at radius 2 is 2.44 bits per heavy atom. The van der Waals surface area contributed by atoms with Crippen LogP contribution in [0.1, 0.15) is 32.6 Å². The van der Waals surface area contributed by atoms with Crippen molar-refractivity contribution in [3.05, 3.63) is 22.6 Å². The average molecular weight is 336 g/mol. The van der Waals surface area contributed by atoms with E-state index in [-0.39, 0.29) is 11.4 Å². The molecule has 1 heterocycles. The number of rotatable bonds is 3. The topological polar surface area (TPSA) is 24.9 Å². The quantitative estimate of drug-likeness (QED) is 0.818. The minimum absolute atomic E-state index is 0.221. The molecule has 0 aliphatic heterocycles. The van der Waals surface area contributed by atoms with Crippen molar-refractivity contribution in [1.29, 1.82) is 0 Å². The van der Waals surface area contributed by atoms with Gasteiger partial charge in [-0.05, 0) is 40.8 Å². The molecule has 2 unspecified atom stereocenters. The highest BCUT2D eigenvalue weighted by Gasteiger charge is 2.35. The van der Waals surface area contributed by atoms with Gasteiger partial charge in [0.15, 0.2) is 11.6 Å². The minimum Gasteiger partial charge on any atom is -0.361 e. The van der Waals surface area contributed by atoms with E-state index in [2.05, 4.69) is 33.2 Å². The highest BCUT2D eigenvalue weighted by molar-refractivity contribution is 9.10. The van der Waals surface area contributed by atoms with Crippen LogP contribution in [-0.4, -0.2) is 16.4 Å². The number of halogens is 3.